The van der Waals surface area contributed by atoms with Crippen LogP contribution in [0.5, 0.6) is 11.5 Å². The fourth-order valence-electron chi connectivity index (χ4n) is 14.2. The van der Waals surface area contributed by atoms with E-state index in [-0.39, 0.29) is 47.3 Å². The van der Waals surface area contributed by atoms with Gasteiger partial charge in [0.25, 0.3) is 0 Å². The number of hydrogen-bond acceptors (Lipinski definition) is 12. The van der Waals surface area contributed by atoms with E-state index in [2.05, 4.69) is 13.2 Å². The van der Waals surface area contributed by atoms with Gasteiger partial charge in [-0.15, -0.1) is 22.7 Å². The van der Waals surface area contributed by atoms with Crippen molar-refractivity contribution in [1.29, 1.82) is 0 Å². The van der Waals surface area contributed by atoms with Gasteiger partial charge in [0, 0.05) is 45.9 Å². The highest BCUT2D eigenvalue weighted by molar-refractivity contribution is 7.24. The van der Waals surface area contributed by atoms with Gasteiger partial charge in [0.15, 0.2) is 11.5 Å². The van der Waals surface area contributed by atoms with Gasteiger partial charge in [-0.1, -0.05) is 76.7 Å². The zero-order chi connectivity index (χ0) is 60.4. The SMILES string of the molecule is C=CC(=O)OCCCCCCCCOC1CCC(C2CCC(C(=O)Oc3c4cc(-c5ccc(F)cc5C)sc4c(OC(=O)C4CCC(C5CCC(OCCCCCCCCOC(=O)C=C)CC5)CC4)c4cc(-c5ccc(F)cc5C)sc34)CC2)CC1. The van der Waals surface area contributed by atoms with Crippen LogP contribution in [0, 0.1) is 61.0 Å². The monoisotopic (exact) mass is 1220 g/mol. The van der Waals surface area contributed by atoms with Crippen molar-refractivity contribution in [3.8, 4) is 32.4 Å². The van der Waals surface area contributed by atoms with Crippen molar-refractivity contribution >= 4 is 66.7 Å². The van der Waals surface area contributed by atoms with Crippen LogP contribution in [0.25, 0.3) is 41.1 Å². The zero-order valence-corrected chi connectivity index (χ0v) is 52.7. The molecule has 10 nitrogen and oxygen atoms in total. The minimum absolute atomic E-state index is 0.250. The van der Waals surface area contributed by atoms with E-state index in [0.717, 1.165) is 225 Å². The first-order valence-corrected chi connectivity index (χ1v) is 34.3. The van der Waals surface area contributed by atoms with Gasteiger partial charge in [-0.3, -0.25) is 9.59 Å². The van der Waals surface area contributed by atoms with E-state index < -0.39 is 0 Å². The topological polar surface area (TPSA) is 124 Å². The predicted molar refractivity (Wildman–Crippen MR) is 341 cm³/mol. The Morgan fingerprint density at radius 1 is 0.453 bits per heavy atom. The zero-order valence-electron chi connectivity index (χ0n) is 51.1. The van der Waals surface area contributed by atoms with Crippen LogP contribution in [0.1, 0.15) is 191 Å². The molecule has 0 radical (unpaired) electrons. The van der Waals surface area contributed by atoms with Crippen LogP contribution in [0.4, 0.5) is 8.78 Å². The van der Waals surface area contributed by atoms with Gasteiger partial charge in [0.1, 0.15) is 11.6 Å². The van der Waals surface area contributed by atoms with Gasteiger partial charge in [0.05, 0.1) is 46.7 Å². The molecule has 0 amide bonds. The third-order valence-corrected chi connectivity index (χ3v) is 21.6. The summed E-state index contributed by atoms with van der Waals surface area (Å²) >= 11 is 2.93. The molecule has 466 valence electrons. The third-order valence-electron chi connectivity index (χ3n) is 19.3. The summed E-state index contributed by atoms with van der Waals surface area (Å²) in [6.07, 6.45) is 31.8. The first-order chi connectivity index (χ1) is 41.8. The molecule has 3 aromatic carbocycles. The molecular weight excluding hydrogens is 1130 g/mol. The first kappa shape index (κ1) is 65.2. The Hall–Kier alpha value is -5.28. The summed E-state index contributed by atoms with van der Waals surface area (Å²) in [6, 6.07) is 13.6. The first-order valence-electron chi connectivity index (χ1n) is 32.7. The fourth-order valence-corrected chi connectivity index (χ4v) is 16.7. The molecule has 9 rings (SSSR count). The standard InChI is InChI=1S/C72H92F2O10S2/c1-5-65(75)81-41-17-13-9-7-11-15-39-79-57-33-27-51(28-34-57)49-19-23-53(24-20-49)71(77)83-67-61-45-63(59-37-31-55(73)43-47(59)3)86-70(61)68(62-46-64(85-69(62)67)60-38-32-56(74)44-48(60)4)84-72(78)54-25-21-50(22-26-54)52-29-35-58(36-30-52)80-40-16-12-8-10-14-18-42-82-66(76)6-2/h5-6,31-32,37-38,43-46,49-54,57-58H,1-2,7-30,33-36,39-42H2,3-4H3. The van der Waals surface area contributed by atoms with Crippen molar-refractivity contribution in [3.63, 3.8) is 0 Å². The summed E-state index contributed by atoms with van der Waals surface area (Å²) in [4.78, 5) is 53.5. The number of carbonyl (C=O) groups is 4. The maximum atomic E-state index is 14.7. The van der Waals surface area contributed by atoms with Crippen LogP contribution < -0.4 is 9.47 Å². The molecule has 4 saturated carbocycles. The van der Waals surface area contributed by atoms with E-state index >= 15 is 0 Å². The molecule has 4 fully saturated rings. The summed E-state index contributed by atoms with van der Waals surface area (Å²) in [6.45, 7) is 13.2. The molecule has 0 aliphatic heterocycles. The lowest BCUT2D eigenvalue weighted by molar-refractivity contribution is -0.141. The highest BCUT2D eigenvalue weighted by atomic mass is 32.1. The lowest BCUT2D eigenvalue weighted by atomic mass is 9.70. The number of ether oxygens (including phenoxy) is 6. The number of rotatable bonds is 30. The van der Waals surface area contributed by atoms with Crippen molar-refractivity contribution in [2.75, 3.05) is 26.4 Å². The number of benzene rings is 3. The maximum absolute atomic E-state index is 14.7. The van der Waals surface area contributed by atoms with Crippen LogP contribution in [0.2, 0.25) is 0 Å². The van der Waals surface area contributed by atoms with Gasteiger partial charge in [-0.25, -0.2) is 18.4 Å². The Bertz CT molecular complexity index is 2800. The molecular formula is C72H92F2O10S2. The number of halogens is 2. The van der Waals surface area contributed by atoms with E-state index in [0.29, 0.717) is 80.8 Å². The van der Waals surface area contributed by atoms with E-state index in [1.807, 2.05) is 26.0 Å². The summed E-state index contributed by atoms with van der Waals surface area (Å²) in [5.41, 5.74) is 3.23. The Labute approximate surface area is 517 Å². The Kier molecular flexibility index (Phi) is 24.9. The molecule has 0 saturated heterocycles. The average molecular weight is 1220 g/mol. The fraction of sp³-hybridized carbons (Fsp3) is 0.583. The van der Waals surface area contributed by atoms with E-state index in [1.54, 1.807) is 12.1 Å². The molecule has 0 unspecified atom stereocenters. The van der Waals surface area contributed by atoms with E-state index in [1.165, 1.54) is 59.1 Å². The second kappa shape index (κ2) is 32.8. The summed E-state index contributed by atoms with van der Waals surface area (Å²) in [5.74, 6) is 0.901. The summed E-state index contributed by atoms with van der Waals surface area (Å²) in [7, 11) is 0. The Morgan fingerprint density at radius 3 is 1.12 bits per heavy atom. The number of carbonyl (C=O) groups excluding carboxylic acids is 4. The predicted octanol–water partition coefficient (Wildman–Crippen LogP) is 19.1. The van der Waals surface area contributed by atoms with Gasteiger partial charge in [-0.05, 0) is 225 Å². The van der Waals surface area contributed by atoms with Crippen LogP contribution in [0.15, 0.2) is 73.8 Å². The number of aryl methyl sites for hydroxylation is 2. The largest absolute Gasteiger partial charge is 0.463 e. The average Bonchev–Trinajstić information content (AvgIpc) is 1.80. The highest BCUT2D eigenvalue weighted by Gasteiger charge is 2.37. The number of thiophene rings is 2. The smallest absolute Gasteiger partial charge is 0.330 e. The van der Waals surface area contributed by atoms with Crippen molar-refractivity contribution in [2.45, 2.75) is 206 Å². The number of esters is 4. The van der Waals surface area contributed by atoms with E-state index in [4.69, 9.17) is 28.4 Å². The van der Waals surface area contributed by atoms with Crippen LogP contribution >= 0.6 is 22.7 Å². The maximum Gasteiger partial charge on any atom is 0.330 e. The molecule has 4 aliphatic carbocycles. The Balaban J connectivity index is 0.819. The second-order valence-corrected chi connectivity index (χ2v) is 27.3. The van der Waals surface area contributed by atoms with Crippen LogP contribution in [-0.4, -0.2) is 62.5 Å². The summed E-state index contributed by atoms with van der Waals surface area (Å²) in [5, 5.41) is 1.35. The number of fused-ring (bicyclic) bond motifs is 2. The molecule has 0 N–H and O–H groups in total. The van der Waals surface area contributed by atoms with Gasteiger partial charge in [-0.2, -0.15) is 0 Å². The molecule has 4 aliphatic rings. The molecule has 86 heavy (non-hydrogen) atoms. The van der Waals surface area contributed by atoms with Crippen molar-refractivity contribution in [1.82, 2.24) is 0 Å². The minimum atomic E-state index is -0.357. The van der Waals surface area contributed by atoms with Crippen LogP contribution in [0.3, 0.4) is 0 Å². The Morgan fingerprint density at radius 2 is 0.779 bits per heavy atom. The lowest BCUT2D eigenvalue weighted by Crippen LogP contribution is -2.31. The normalized spacial score (nSPS) is 22.6. The molecule has 0 atom stereocenters. The van der Waals surface area contributed by atoms with Crippen molar-refractivity contribution < 1.29 is 56.4 Å². The minimum Gasteiger partial charge on any atom is -0.463 e. The number of unbranched alkanes of at least 4 members (excludes halogenated alkanes) is 10. The molecule has 0 spiro atoms. The lowest BCUT2D eigenvalue weighted by Gasteiger charge is -2.37. The molecule has 2 heterocycles. The summed E-state index contributed by atoms with van der Waals surface area (Å²) < 4.78 is 66.9. The quantitative estimate of drug-likeness (QED) is 0.0190. The molecule has 5 aromatic rings. The molecule has 0 bridgehead atoms. The van der Waals surface area contributed by atoms with Crippen molar-refractivity contribution in [2.24, 2.45) is 35.5 Å². The molecule has 2 aromatic heterocycles. The van der Waals surface area contributed by atoms with E-state index in [9.17, 15) is 28.0 Å². The van der Waals surface area contributed by atoms with Crippen LogP contribution in [-0.2, 0) is 38.1 Å². The van der Waals surface area contributed by atoms with Crippen molar-refractivity contribution in [3.05, 3.63) is 96.6 Å². The second-order valence-electron chi connectivity index (χ2n) is 25.2. The third kappa shape index (κ3) is 18.0. The van der Waals surface area contributed by atoms with Gasteiger partial charge in [0.2, 0.25) is 0 Å². The van der Waals surface area contributed by atoms with Gasteiger partial charge < -0.3 is 28.4 Å². The highest BCUT2D eigenvalue weighted by Crippen LogP contribution is 2.54. The number of hydrogen-bond donors (Lipinski definition) is 0. The van der Waals surface area contributed by atoms with Gasteiger partial charge >= 0.3 is 23.9 Å². The molecule has 14 heteroatoms.